The third-order valence-corrected chi connectivity index (χ3v) is 2.84. The number of carbonyl (C=O) groups excluding carboxylic acids is 1. The summed E-state index contributed by atoms with van der Waals surface area (Å²) in [5.41, 5.74) is 1.83. The van der Waals surface area contributed by atoms with E-state index in [1.165, 1.54) is 5.56 Å². The van der Waals surface area contributed by atoms with E-state index < -0.39 is 0 Å². The molecular formula is C16H16O2. The van der Waals surface area contributed by atoms with E-state index in [9.17, 15) is 4.79 Å². The Balaban J connectivity index is 2.12. The third kappa shape index (κ3) is 2.98. The van der Waals surface area contributed by atoms with Crippen molar-refractivity contribution in [1.82, 2.24) is 0 Å². The minimum absolute atomic E-state index is 0.0493. The van der Waals surface area contributed by atoms with Crippen LogP contribution in [-0.4, -0.2) is 6.29 Å². The van der Waals surface area contributed by atoms with E-state index in [1.807, 2.05) is 30.3 Å². The highest BCUT2D eigenvalue weighted by Gasteiger charge is 2.10. The maximum absolute atomic E-state index is 10.6. The largest absolute Gasteiger partial charge is 0.486 e. The van der Waals surface area contributed by atoms with Crippen LogP contribution in [0.4, 0.5) is 0 Å². The lowest BCUT2D eigenvalue weighted by Crippen LogP contribution is -2.06. The zero-order chi connectivity index (χ0) is 12.8. The molecule has 18 heavy (non-hydrogen) atoms. The van der Waals surface area contributed by atoms with Crippen LogP contribution in [0.15, 0.2) is 54.6 Å². The van der Waals surface area contributed by atoms with Crippen molar-refractivity contribution in [3.05, 3.63) is 65.7 Å². The van der Waals surface area contributed by atoms with Gasteiger partial charge in [0.25, 0.3) is 0 Å². The van der Waals surface area contributed by atoms with E-state index in [2.05, 4.69) is 19.1 Å². The third-order valence-electron chi connectivity index (χ3n) is 2.84. The van der Waals surface area contributed by atoms with Crippen LogP contribution in [0.5, 0.6) is 5.75 Å². The molecule has 0 saturated heterocycles. The molecule has 1 unspecified atom stereocenters. The van der Waals surface area contributed by atoms with Gasteiger partial charge in [-0.25, -0.2) is 0 Å². The fourth-order valence-electron chi connectivity index (χ4n) is 1.84. The molecule has 0 saturated carbocycles. The van der Waals surface area contributed by atoms with Crippen molar-refractivity contribution >= 4 is 6.29 Å². The first-order chi connectivity index (χ1) is 8.83. The van der Waals surface area contributed by atoms with Crippen LogP contribution in [0.25, 0.3) is 0 Å². The average molecular weight is 240 g/mol. The summed E-state index contributed by atoms with van der Waals surface area (Å²) in [6.45, 7) is 2.09. The zero-order valence-corrected chi connectivity index (χ0v) is 10.4. The van der Waals surface area contributed by atoms with E-state index in [4.69, 9.17) is 4.74 Å². The van der Waals surface area contributed by atoms with Gasteiger partial charge in [-0.3, -0.25) is 4.79 Å². The van der Waals surface area contributed by atoms with Gasteiger partial charge >= 0.3 is 0 Å². The Labute approximate surface area is 107 Å². The molecule has 0 amide bonds. The van der Waals surface area contributed by atoms with Crippen molar-refractivity contribution in [2.24, 2.45) is 0 Å². The molecule has 92 valence electrons. The number of aldehydes is 1. The van der Waals surface area contributed by atoms with Crippen LogP contribution in [0.1, 0.15) is 35.4 Å². The molecule has 2 rings (SSSR count). The van der Waals surface area contributed by atoms with Gasteiger partial charge in [-0.1, -0.05) is 37.3 Å². The number of benzene rings is 2. The second kappa shape index (κ2) is 6.01. The van der Waals surface area contributed by atoms with Crippen molar-refractivity contribution < 1.29 is 9.53 Å². The second-order valence-electron chi connectivity index (χ2n) is 4.11. The molecule has 2 heteroatoms. The van der Waals surface area contributed by atoms with E-state index in [1.54, 1.807) is 12.1 Å². The maximum atomic E-state index is 10.6. The molecule has 2 aromatic rings. The first-order valence-electron chi connectivity index (χ1n) is 6.10. The maximum Gasteiger partial charge on any atom is 0.150 e. The van der Waals surface area contributed by atoms with Crippen molar-refractivity contribution in [1.29, 1.82) is 0 Å². The number of rotatable bonds is 5. The minimum Gasteiger partial charge on any atom is -0.486 e. The van der Waals surface area contributed by atoms with Crippen LogP contribution in [0.2, 0.25) is 0 Å². The fourth-order valence-corrected chi connectivity index (χ4v) is 1.84. The Morgan fingerprint density at radius 2 is 1.72 bits per heavy atom. The van der Waals surface area contributed by atoms with Gasteiger partial charge in [-0.2, -0.15) is 0 Å². The van der Waals surface area contributed by atoms with E-state index >= 15 is 0 Å². The zero-order valence-electron chi connectivity index (χ0n) is 10.4. The minimum atomic E-state index is 0.0493. The van der Waals surface area contributed by atoms with Gasteiger partial charge in [-0.05, 0) is 36.2 Å². The molecule has 0 bridgehead atoms. The first-order valence-corrected chi connectivity index (χ1v) is 6.10. The van der Waals surface area contributed by atoms with Crippen LogP contribution in [0.3, 0.4) is 0 Å². The lowest BCUT2D eigenvalue weighted by molar-refractivity contribution is 0.112. The molecule has 0 radical (unpaired) electrons. The molecule has 1 atom stereocenters. The molecule has 0 spiro atoms. The Morgan fingerprint density at radius 3 is 2.28 bits per heavy atom. The van der Waals surface area contributed by atoms with Gasteiger partial charge < -0.3 is 4.74 Å². The van der Waals surface area contributed by atoms with Gasteiger partial charge in [0.2, 0.25) is 0 Å². The lowest BCUT2D eigenvalue weighted by Gasteiger charge is -2.18. The molecular weight excluding hydrogens is 224 g/mol. The molecule has 0 aliphatic heterocycles. The number of ether oxygens (including phenoxy) is 1. The predicted octanol–water partition coefficient (Wildman–Crippen LogP) is 4.03. The first kappa shape index (κ1) is 12.4. The molecule has 0 heterocycles. The van der Waals surface area contributed by atoms with E-state index in [0.29, 0.717) is 5.56 Å². The van der Waals surface area contributed by atoms with E-state index in [-0.39, 0.29) is 6.10 Å². The van der Waals surface area contributed by atoms with Crippen molar-refractivity contribution in [2.75, 3.05) is 0 Å². The van der Waals surface area contributed by atoms with Crippen LogP contribution < -0.4 is 4.74 Å². The monoisotopic (exact) mass is 240 g/mol. The predicted molar refractivity (Wildman–Crippen MR) is 71.9 cm³/mol. The number of hydrogen-bond acceptors (Lipinski definition) is 2. The standard InChI is InChI=1S/C16H16O2/c1-2-16(14-6-4-3-5-7-14)18-15-10-8-13(12-17)9-11-15/h3-12,16H,2H2,1H3. The Morgan fingerprint density at radius 1 is 1.06 bits per heavy atom. The summed E-state index contributed by atoms with van der Waals surface area (Å²) in [5, 5.41) is 0. The lowest BCUT2D eigenvalue weighted by atomic mass is 10.1. The molecule has 0 aromatic heterocycles. The van der Waals surface area contributed by atoms with Crippen molar-refractivity contribution in [3.8, 4) is 5.75 Å². The highest BCUT2D eigenvalue weighted by molar-refractivity contribution is 5.74. The van der Waals surface area contributed by atoms with Gasteiger partial charge in [0.15, 0.2) is 0 Å². The Hall–Kier alpha value is -2.09. The summed E-state index contributed by atoms with van der Waals surface area (Å²) in [4.78, 5) is 10.6. The topological polar surface area (TPSA) is 26.3 Å². The average Bonchev–Trinajstić information content (AvgIpc) is 2.46. The highest BCUT2D eigenvalue weighted by atomic mass is 16.5. The van der Waals surface area contributed by atoms with Crippen LogP contribution in [-0.2, 0) is 0 Å². The van der Waals surface area contributed by atoms with E-state index in [0.717, 1.165) is 18.5 Å². The molecule has 0 N–H and O–H groups in total. The van der Waals surface area contributed by atoms with Gasteiger partial charge in [0, 0.05) is 5.56 Å². The summed E-state index contributed by atoms with van der Waals surface area (Å²) in [5.74, 6) is 0.788. The molecule has 0 aliphatic carbocycles. The molecule has 2 aromatic carbocycles. The molecule has 2 nitrogen and oxygen atoms in total. The van der Waals surface area contributed by atoms with Crippen molar-refractivity contribution in [2.45, 2.75) is 19.4 Å². The SMILES string of the molecule is CCC(Oc1ccc(C=O)cc1)c1ccccc1. The van der Waals surface area contributed by atoms with Gasteiger partial charge in [0.05, 0.1) is 0 Å². The quantitative estimate of drug-likeness (QED) is 0.737. The summed E-state index contributed by atoms with van der Waals surface area (Å²) in [6.07, 6.45) is 1.78. The van der Waals surface area contributed by atoms with Crippen LogP contribution in [0, 0.1) is 0 Å². The molecule has 0 fully saturated rings. The summed E-state index contributed by atoms with van der Waals surface area (Å²) in [7, 11) is 0. The van der Waals surface area contributed by atoms with Crippen LogP contribution >= 0.6 is 0 Å². The number of carbonyl (C=O) groups is 1. The summed E-state index contributed by atoms with van der Waals surface area (Å²) >= 11 is 0. The second-order valence-corrected chi connectivity index (χ2v) is 4.11. The van der Waals surface area contributed by atoms with Gasteiger partial charge in [-0.15, -0.1) is 0 Å². The van der Waals surface area contributed by atoms with Gasteiger partial charge in [0.1, 0.15) is 18.1 Å². The van der Waals surface area contributed by atoms with Crippen molar-refractivity contribution in [3.63, 3.8) is 0 Å². The summed E-state index contributed by atoms with van der Waals surface area (Å²) in [6, 6.07) is 17.3. The number of hydrogen-bond donors (Lipinski definition) is 0. The fraction of sp³-hybridized carbons (Fsp3) is 0.188. The Bertz CT molecular complexity index is 488. The Kier molecular flexibility index (Phi) is 4.13. The molecule has 0 aliphatic rings. The highest BCUT2D eigenvalue weighted by Crippen LogP contribution is 2.24. The smallest absolute Gasteiger partial charge is 0.150 e. The normalized spacial score (nSPS) is 11.8. The summed E-state index contributed by atoms with van der Waals surface area (Å²) < 4.78 is 5.93.